The first-order valence-electron chi connectivity index (χ1n) is 11.3. The van der Waals surface area contributed by atoms with Gasteiger partial charge in [-0.25, -0.2) is 0 Å². The Bertz CT molecular complexity index is 1260. The summed E-state index contributed by atoms with van der Waals surface area (Å²) in [7, 11) is 1.55. The van der Waals surface area contributed by atoms with Gasteiger partial charge in [-0.05, 0) is 48.7 Å². The summed E-state index contributed by atoms with van der Waals surface area (Å²) in [6.07, 6.45) is -0.115. The van der Waals surface area contributed by atoms with Crippen molar-refractivity contribution in [2.75, 3.05) is 12.4 Å². The van der Waals surface area contributed by atoms with Crippen LogP contribution in [0.5, 0.6) is 5.75 Å². The number of rotatable bonds is 6. The van der Waals surface area contributed by atoms with Gasteiger partial charge in [-0.3, -0.25) is 29.4 Å². The first kappa shape index (κ1) is 23.3. The van der Waals surface area contributed by atoms with E-state index < -0.39 is 47.1 Å². The molecule has 0 radical (unpaired) electrons. The number of carbonyl (C=O) groups excluding carboxylic acids is 3. The fourth-order valence-corrected chi connectivity index (χ4v) is 5.96. The number of methoxy groups -OCH3 is 1. The van der Waals surface area contributed by atoms with E-state index in [0.717, 1.165) is 11.1 Å². The van der Waals surface area contributed by atoms with Crippen molar-refractivity contribution in [2.24, 2.45) is 11.8 Å². The monoisotopic (exact) mass is 497 g/mol. The summed E-state index contributed by atoms with van der Waals surface area (Å²) in [6.45, 7) is 1.84. The summed E-state index contributed by atoms with van der Waals surface area (Å²) in [5.74, 6) is -3.61. The quantitative estimate of drug-likeness (QED) is 0.523. The number of benzene rings is 2. The summed E-state index contributed by atoms with van der Waals surface area (Å²) >= 11 is 6.33. The molecule has 0 aliphatic carbocycles. The van der Waals surface area contributed by atoms with E-state index in [1.165, 1.54) is 4.90 Å². The number of aryl methyl sites for hydroxylation is 1. The van der Waals surface area contributed by atoms with Gasteiger partial charge in [0.15, 0.2) is 0 Å². The average Bonchev–Trinajstić information content (AvgIpc) is 3.39. The maximum absolute atomic E-state index is 13.8. The second kappa shape index (κ2) is 8.35. The third-order valence-corrected chi connectivity index (χ3v) is 7.46. The maximum atomic E-state index is 13.8. The second-order valence-electron chi connectivity index (χ2n) is 9.20. The molecule has 10 heteroatoms. The van der Waals surface area contributed by atoms with Crippen LogP contribution in [0.4, 0.5) is 5.69 Å². The standard InChI is InChI=1S/C25H24ClN3O6/c1-12-9-14(26)10-16-21(12)27-24(34)25(16)20-19(17(28-25)7-8-18(30)31)22(32)29(23(20)33)11-13-3-5-15(35-2)6-4-13/h3-6,9-10,17,19-20,28H,7-8,11H2,1-2H3,(H,27,34)(H,30,31)/t17-,19+,20+,25+/m0/s1. The molecule has 4 atom stereocenters. The van der Waals surface area contributed by atoms with Gasteiger partial charge in [0.25, 0.3) is 0 Å². The lowest BCUT2D eigenvalue weighted by Gasteiger charge is -2.29. The molecule has 3 amide bonds. The topological polar surface area (TPSA) is 125 Å². The molecular formula is C25H24ClN3O6. The number of fused-ring (bicyclic) bond motifs is 4. The first-order valence-corrected chi connectivity index (χ1v) is 11.6. The SMILES string of the molecule is COc1ccc(CN2C(=O)[C@@H]3[C@H](CCC(=O)O)N[C@@]4(C(=O)Nc5c(C)cc(Cl)cc54)[C@H]3C2=O)cc1. The van der Waals surface area contributed by atoms with E-state index in [0.29, 0.717) is 22.0 Å². The van der Waals surface area contributed by atoms with Gasteiger partial charge in [0.1, 0.15) is 11.3 Å². The Hall–Kier alpha value is -3.43. The van der Waals surface area contributed by atoms with Crippen LogP contribution >= 0.6 is 11.6 Å². The van der Waals surface area contributed by atoms with E-state index in [-0.39, 0.29) is 19.4 Å². The van der Waals surface area contributed by atoms with Crippen LogP contribution in [0, 0.1) is 18.8 Å². The highest BCUT2D eigenvalue weighted by Gasteiger charge is 2.70. The average molecular weight is 498 g/mol. The highest BCUT2D eigenvalue weighted by Crippen LogP contribution is 2.54. The van der Waals surface area contributed by atoms with Gasteiger partial charge < -0.3 is 15.2 Å². The van der Waals surface area contributed by atoms with Crippen molar-refractivity contribution in [1.29, 1.82) is 0 Å². The summed E-state index contributed by atoms with van der Waals surface area (Å²) in [6, 6.07) is 9.69. The van der Waals surface area contributed by atoms with Gasteiger partial charge in [0.05, 0.1) is 25.5 Å². The lowest BCUT2D eigenvalue weighted by Crippen LogP contribution is -2.53. The van der Waals surface area contributed by atoms with Gasteiger partial charge in [0.2, 0.25) is 17.7 Å². The molecule has 2 aromatic rings. The number of amides is 3. The minimum absolute atomic E-state index is 0.0411. The molecule has 2 saturated heterocycles. The van der Waals surface area contributed by atoms with Crippen LogP contribution in [0.1, 0.15) is 29.5 Å². The zero-order valence-corrected chi connectivity index (χ0v) is 19.9. The predicted molar refractivity (Wildman–Crippen MR) is 126 cm³/mol. The largest absolute Gasteiger partial charge is 0.497 e. The van der Waals surface area contributed by atoms with Crippen LogP contribution in [0.15, 0.2) is 36.4 Å². The van der Waals surface area contributed by atoms with Crippen molar-refractivity contribution < 1.29 is 29.0 Å². The number of likely N-dealkylation sites (tertiary alicyclic amines) is 1. The van der Waals surface area contributed by atoms with E-state index in [1.54, 1.807) is 50.4 Å². The second-order valence-corrected chi connectivity index (χ2v) is 9.64. The molecule has 3 aliphatic rings. The van der Waals surface area contributed by atoms with Crippen molar-refractivity contribution in [2.45, 2.75) is 37.9 Å². The van der Waals surface area contributed by atoms with Crippen molar-refractivity contribution in [1.82, 2.24) is 10.2 Å². The fourth-order valence-electron chi connectivity index (χ4n) is 5.69. The van der Waals surface area contributed by atoms with E-state index in [9.17, 15) is 24.3 Å². The van der Waals surface area contributed by atoms with Crippen LogP contribution in [-0.2, 0) is 31.3 Å². The lowest BCUT2D eigenvalue weighted by atomic mass is 9.76. The van der Waals surface area contributed by atoms with Crippen LogP contribution in [0.2, 0.25) is 5.02 Å². The number of ether oxygens (including phenoxy) is 1. The Morgan fingerprint density at radius 3 is 2.54 bits per heavy atom. The summed E-state index contributed by atoms with van der Waals surface area (Å²) in [5, 5.41) is 15.8. The summed E-state index contributed by atoms with van der Waals surface area (Å²) in [5.41, 5.74) is 1.01. The molecule has 0 saturated carbocycles. The number of imide groups is 1. The van der Waals surface area contributed by atoms with Gasteiger partial charge in [-0.2, -0.15) is 0 Å². The van der Waals surface area contributed by atoms with Crippen LogP contribution in [0.3, 0.4) is 0 Å². The van der Waals surface area contributed by atoms with Crippen molar-refractivity contribution >= 4 is 41.0 Å². The van der Waals surface area contributed by atoms with Crippen molar-refractivity contribution in [3.8, 4) is 5.75 Å². The Labute approximate surface area is 206 Å². The molecule has 182 valence electrons. The molecule has 2 aromatic carbocycles. The molecule has 5 rings (SSSR count). The van der Waals surface area contributed by atoms with Crippen molar-refractivity contribution in [3.05, 3.63) is 58.1 Å². The Morgan fingerprint density at radius 2 is 1.89 bits per heavy atom. The molecule has 9 nitrogen and oxygen atoms in total. The Kier molecular flexibility index (Phi) is 5.56. The van der Waals surface area contributed by atoms with Gasteiger partial charge in [-0.15, -0.1) is 0 Å². The third-order valence-electron chi connectivity index (χ3n) is 7.25. The summed E-state index contributed by atoms with van der Waals surface area (Å²) in [4.78, 5) is 53.4. The molecule has 0 unspecified atom stereocenters. The number of hydrogen-bond acceptors (Lipinski definition) is 6. The minimum atomic E-state index is -1.51. The van der Waals surface area contributed by atoms with E-state index >= 15 is 0 Å². The van der Waals surface area contributed by atoms with E-state index in [4.69, 9.17) is 16.3 Å². The van der Waals surface area contributed by atoms with E-state index in [2.05, 4.69) is 10.6 Å². The normalized spacial score (nSPS) is 26.8. The number of halogens is 1. The van der Waals surface area contributed by atoms with Crippen molar-refractivity contribution in [3.63, 3.8) is 0 Å². The molecule has 3 N–H and O–H groups in total. The molecule has 3 heterocycles. The Morgan fingerprint density at radius 1 is 1.17 bits per heavy atom. The molecule has 3 aliphatic heterocycles. The smallest absolute Gasteiger partial charge is 0.303 e. The Balaban J connectivity index is 1.58. The van der Waals surface area contributed by atoms with Gasteiger partial charge in [-0.1, -0.05) is 23.7 Å². The number of hydrogen-bond donors (Lipinski definition) is 3. The maximum Gasteiger partial charge on any atom is 0.303 e. The number of nitrogens with zero attached hydrogens (tertiary/aromatic N) is 1. The van der Waals surface area contributed by atoms with Crippen LogP contribution < -0.4 is 15.4 Å². The number of anilines is 1. The van der Waals surface area contributed by atoms with E-state index in [1.807, 2.05) is 0 Å². The molecule has 0 aromatic heterocycles. The number of nitrogens with one attached hydrogen (secondary N) is 2. The minimum Gasteiger partial charge on any atom is -0.497 e. The number of carboxylic acid groups (broad SMARTS) is 1. The van der Waals surface area contributed by atoms with Crippen LogP contribution in [-0.4, -0.2) is 46.8 Å². The van der Waals surface area contributed by atoms with Crippen LogP contribution in [0.25, 0.3) is 0 Å². The molecule has 2 fully saturated rings. The molecule has 0 bridgehead atoms. The molecule has 35 heavy (non-hydrogen) atoms. The number of aliphatic carboxylic acids is 1. The summed E-state index contributed by atoms with van der Waals surface area (Å²) < 4.78 is 5.17. The zero-order valence-electron chi connectivity index (χ0n) is 19.1. The van der Waals surface area contributed by atoms with Gasteiger partial charge in [0, 0.05) is 28.7 Å². The molecule has 1 spiro atoms. The highest BCUT2D eigenvalue weighted by atomic mass is 35.5. The number of carbonyl (C=O) groups is 4. The molecular weight excluding hydrogens is 474 g/mol. The highest BCUT2D eigenvalue weighted by molar-refractivity contribution is 6.31. The first-order chi connectivity index (χ1) is 16.7. The lowest BCUT2D eigenvalue weighted by molar-refractivity contribution is -0.144. The predicted octanol–water partition coefficient (Wildman–Crippen LogP) is 2.44. The number of carboxylic acids is 1. The zero-order chi connectivity index (χ0) is 25.1. The third kappa shape index (κ3) is 3.49. The van der Waals surface area contributed by atoms with Gasteiger partial charge >= 0.3 is 5.97 Å². The fraction of sp³-hybridized carbons (Fsp3) is 0.360.